The summed E-state index contributed by atoms with van der Waals surface area (Å²) in [6.45, 7) is 0. The Kier molecular flexibility index (Phi) is 5.51. The zero-order valence-corrected chi connectivity index (χ0v) is 15.5. The summed E-state index contributed by atoms with van der Waals surface area (Å²) in [6.07, 6.45) is 4.77. The van der Waals surface area contributed by atoms with Crippen LogP contribution in [-0.2, 0) is 0 Å². The number of hydrogen-bond donors (Lipinski definition) is 1. The zero-order chi connectivity index (χ0) is 16.9. The third-order valence-corrected chi connectivity index (χ3v) is 4.62. The molecule has 0 aliphatic rings. The first-order valence-corrected chi connectivity index (χ1v) is 8.63. The van der Waals surface area contributed by atoms with E-state index in [0.717, 1.165) is 21.2 Å². The van der Waals surface area contributed by atoms with E-state index in [2.05, 4.69) is 37.5 Å². The molecule has 1 heterocycles. The number of hydrazone groups is 1. The van der Waals surface area contributed by atoms with E-state index in [4.69, 9.17) is 23.2 Å². The van der Waals surface area contributed by atoms with Crippen LogP contribution in [0, 0.1) is 0 Å². The van der Waals surface area contributed by atoms with Gasteiger partial charge in [0.1, 0.15) is 0 Å². The van der Waals surface area contributed by atoms with Crippen molar-refractivity contribution in [3.63, 3.8) is 0 Å². The number of rotatable bonds is 4. The van der Waals surface area contributed by atoms with E-state index in [1.54, 1.807) is 6.21 Å². The second-order valence-corrected chi connectivity index (χ2v) is 6.58. The van der Waals surface area contributed by atoms with Crippen molar-refractivity contribution in [2.75, 3.05) is 5.43 Å². The smallest absolute Gasteiger partial charge is 0.0965 e. The molecule has 2 aromatic carbocycles. The highest BCUT2D eigenvalue weighted by atomic mass is 79.9. The molecule has 3 rings (SSSR count). The Labute approximate surface area is 158 Å². The van der Waals surface area contributed by atoms with Gasteiger partial charge in [0.2, 0.25) is 0 Å². The molecule has 120 valence electrons. The molecule has 0 aliphatic heterocycles. The largest absolute Gasteiger partial charge is 0.275 e. The first-order chi connectivity index (χ1) is 11.7. The first kappa shape index (κ1) is 17.0. The Balaban J connectivity index is 1.90. The average molecular weight is 421 g/mol. The minimum atomic E-state index is 0.415. The van der Waals surface area contributed by atoms with E-state index in [-0.39, 0.29) is 0 Å². The molecule has 0 atom stereocenters. The molecule has 0 radical (unpaired) electrons. The maximum atomic E-state index is 6.07. The molecule has 1 aromatic heterocycles. The molecule has 24 heavy (non-hydrogen) atoms. The average Bonchev–Trinajstić information content (AvgIpc) is 2.58. The van der Waals surface area contributed by atoms with Gasteiger partial charge in [-0.15, -0.1) is 0 Å². The molecule has 0 saturated heterocycles. The molecule has 0 saturated carbocycles. The third-order valence-electron chi connectivity index (χ3n) is 3.36. The van der Waals surface area contributed by atoms with Crippen LogP contribution < -0.4 is 5.43 Å². The number of benzene rings is 2. The molecule has 6 heteroatoms. The predicted octanol–water partition coefficient (Wildman–Crippen LogP) is 6.26. The van der Waals surface area contributed by atoms with Gasteiger partial charge in [-0.25, -0.2) is 0 Å². The van der Waals surface area contributed by atoms with Crippen molar-refractivity contribution < 1.29 is 0 Å². The van der Waals surface area contributed by atoms with Crippen LogP contribution in [0.2, 0.25) is 10.0 Å². The highest BCUT2D eigenvalue weighted by molar-refractivity contribution is 9.10. The topological polar surface area (TPSA) is 37.3 Å². The second-order valence-electron chi connectivity index (χ2n) is 4.92. The van der Waals surface area contributed by atoms with Crippen LogP contribution in [0.3, 0.4) is 0 Å². The first-order valence-electron chi connectivity index (χ1n) is 7.09. The Morgan fingerprint density at radius 3 is 2.25 bits per heavy atom. The molecule has 0 unspecified atom stereocenters. The minimum Gasteiger partial charge on any atom is -0.275 e. The van der Waals surface area contributed by atoms with Gasteiger partial charge in [-0.2, -0.15) is 5.10 Å². The fraction of sp³-hybridized carbons (Fsp3) is 0. The van der Waals surface area contributed by atoms with E-state index in [1.165, 1.54) is 12.4 Å². The summed E-state index contributed by atoms with van der Waals surface area (Å²) in [7, 11) is 0. The second kappa shape index (κ2) is 7.79. The summed E-state index contributed by atoms with van der Waals surface area (Å²) < 4.78 is 1.03. The highest BCUT2D eigenvalue weighted by Crippen LogP contribution is 2.30. The van der Waals surface area contributed by atoms with Crippen molar-refractivity contribution in [1.29, 1.82) is 0 Å². The van der Waals surface area contributed by atoms with Crippen LogP contribution in [0.15, 0.2) is 70.5 Å². The summed E-state index contributed by atoms with van der Waals surface area (Å²) in [6, 6.07) is 16.1. The van der Waals surface area contributed by atoms with Gasteiger partial charge in [0.25, 0.3) is 0 Å². The normalized spacial score (nSPS) is 11.0. The Bertz CT molecular complexity index is 877. The van der Waals surface area contributed by atoms with Crippen molar-refractivity contribution in [3.8, 4) is 11.1 Å². The van der Waals surface area contributed by atoms with Crippen LogP contribution in [0.1, 0.15) is 5.56 Å². The van der Waals surface area contributed by atoms with E-state index in [0.29, 0.717) is 15.7 Å². The molecule has 0 fully saturated rings. The van der Waals surface area contributed by atoms with E-state index >= 15 is 0 Å². The summed E-state index contributed by atoms with van der Waals surface area (Å²) in [5.74, 6) is 0. The van der Waals surface area contributed by atoms with E-state index in [9.17, 15) is 0 Å². The van der Waals surface area contributed by atoms with Crippen molar-refractivity contribution >= 4 is 51.0 Å². The van der Waals surface area contributed by atoms with Crippen LogP contribution in [0.5, 0.6) is 0 Å². The van der Waals surface area contributed by atoms with Crippen LogP contribution >= 0.6 is 39.1 Å². The van der Waals surface area contributed by atoms with Gasteiger partial charge in [0.15, 0.2) is 0 Å². The molecule has 3 nitrogen and oxygen atoms in total. The van der Waals surface area contributed by atoms with Crippen molar-refractivity contribution in [2.24, 2.45) is 5.10 Å². The van der Waals surface area contributed by atoms with Gasteiger partial charge < -0.3 is 0 Å². The molecular formula is C18H12BrCl2N3. The maximum Gasteiger partial charge on any atom is 0.0965 e. The Morgan fingerprint density at radius 1 is 0.917 bits per heavy atom. The van der Waals surface area contributed by atoms with Crippen molar-refractivity contribution in [1.82, 2.24) is 4.98 Å². The highest BCUT2D eigenvalue weighted by Gasteiger charge is 2.07. The fourth-order valence-corrected chi connectivity index (χ4v) is 3.17. The van der Waals surface area contributed by atoms with Gasteiger partial charge in [-0.3, -0.25) is 10.4 Å². The number of nitrogens with zero attached hydrogens (tertiary/aromatic N) is 2. The predicted molar refractivity (Wildman–Crippen MR) is 105 cm³/mol. The lowest BCUT2D eigenvalue weighted by molar-refractivity contribution is 1.28. The SMILES string of the molecule is Clc1cncc(Cl)c1N/N=C/c1ccccc1-c1ccccc1Br. The van der Waals surface area contributed by atoms with E-state index < -0.39 is 0 Å². The van der Waals surface area contributed by atoms with Gasteiger partial charge in [-0.1, -0.05) is 81.6 Å². The Hall–Kier alpha value is -1.88. The van der Waals surface area contributed by atoms with Gasteiger partial charge in [-0.05, 0) is 17.2 Å². The number of aromatic nitrogens is 1. The molecule has 0 amide bonds. The zero-order valence-electron chi connectivity index (χ0n) is 12.4. The molecule has 1 N–H and O–H groups in total. The number of hydrogen-bond acceptors (Lipinski definition) is 3. The standard InChI is InChI=1S/C18H12BrCl2N3/c19-15-8-4-3-7-14(15)13-6-2-1-5-12(13)9-23-24-18-16(20)10-22-11-17(18)21/h1-11H,(H,22,24)/b23-9+. The number of nitrogens with one attached hydrogen (secondary N) is 1. The fourth-order valence-electron chi connectivity index (χ4n) is 2.22. The van der Waals surface area contributed by atoms with Gasteiger partial charge in [0, 0.05) is 22.4 Å². The Morgan fingerprint density at radius 2 is 1.54 bits per heavy atom. The van der Waals surface area contributed by atoms with Crippen LogP contribution in [-0.4, -0.2) is 11.2 Å². The van der Waals surface area contributed by atoms with E-state index in [1.807, 2.05) is 42.5 Å². The lowest BCUT2D eigenvalue weighted by Gasteiger charge is -2.08. The third kappa shape index (κ3) is 3.78. The molecule has 0 bridgehead atoms. The summed E-state index contributed by atoms with van der Waals surface area (Å²) in [5, 5.41) is 5.09. The quantitative estimate of drug-likeness (QED) is 0.399. The van der Waals surface area contributed by atoms with Crippen LogP contribution in [0.4, 0.5) is 5.69 Å². The van der Waals surface area contributed by atoms with Crippen molar-refractivity contribution in [3.05, 3.63) is 81.0 Å². The molecular weight excluding hydrogens is 409 g/mol. The van der Waals surface area contributed by atoms with Gasteiger partial charge >= 0.3 is 0 Å². The van der Waals surface area contributed by atoms with Crippen LogP contribution in [0.25, 0.3) is 11.1 Å². The van der Waals surface area contributed by atoms with Gasteiger partial charge in [0.05, 0.1) is 21.9 Å². The summed E-state index contributed by atoms with van der Waals surface area (Å²) in [4.78, 5) is 3.91. The lowest BCUT2D eigenvalue weighted by atomic mass is 10.0. The summed E-state index contributed by atoms with van der Waals surface area (Å²) in [5.41, 5.74) is 6.55. The molecule has 3 aromatic rings. The number of halogens is 3. The lowest BCUT2D eigenvalue weighted by Crippen LogP contribution is -1.95. The number of pyridine rings is 1. The maximum absolute atomic E-state index is 6.07. The number of anilines is 1. The molecule has 0 aliphatic carbocycles. The summed E-state index contributed by atoms with van der Waals surface area (Å²) >= 11 is 15.7. The monoisotopic (exact) mass is 419 g/mol. The minimum absolute atomic E-state index is 0.415. The van der Waals surface area contributed by atoms with Crippen molar-refractivity contribution in [2.45, 2.75) is 0 Å². The molecule has 0 spiro atoms.